The molecule has 4 aliphatic heterocycles. The Labute approximate surface area is 305 Å². The van der Waals surface area contributed by atoms with E-state index in [9.17, 15) is 9.59 Å². The summed E-state index contributed by atoms with van der Waals surface area (Å²) in [5.74, 6) is 2.25. The number of carbonyl (C=O) groups is 2. The minimum atomic E-state index is -0.532. The molecule has 0 bridgehead atoms. The van der Waals surface area contributed by atoms with Gasteiger partial charge in [0.05, 0.1) is 11.4 Å². The number of nitrogens with zero attached hydrogens (tertiary/aromatic N) is 5. The van der Waals surface area contributed by atoms with Gasteiger partial charge >= 0.3 is 12.2 Å². The van der Waals surface area contributed by atoms with E-state index in [0.29, 0.717) is 44.8 Å². The van der Waals surface area contributed by atoms with Crippen LogP contribution in [0.5, 0.6) is 11.5 Å². The lowest BCUT2D eigenvalue weighted by atomic mass is 9.86. The van der Waals surface area contributed by atoms with Gasteiger partial charge in [-0.25, -0.2) is 9.59 Å². The van der Waals surface area contributed by atoms with Crippen LogP contribution in [0.15, 0.2) is 79.0 Å². The van der Waals surface area contributed by atoms with Gasteiger partial charge in [-0.1, -0.05) is 30.8 Å². The average molecular weight is 706 g/mol. The van der Waals surface area contributed by atoms with Gasteiger partial charge < -0.3 is 38.2 Å². The molecule has 4 aliphatic rings. The minimum Gasteiger partial charge on any atom is -0.479 e. The van der Waals surface area contributed by atoms with E-state index in [1.54, 1.807) is 9.80 Å². The van der Waals surface area contributed by atoms with Crippen LogP contribution in [0.2, 0.25) is 0 Å². The Hall–Kier alpha value is -5.37. The van der Waals surface area contributed by atoms with Crippen molar-refractivity contribution in [2.24, 2.45) is 0 Å². The second-order valence-corrected chi connectivity index (χ2v) is 15.9. The highest BCUT2D eigenvalue weighted by Crippen LogP contribution is 2.48. The molecule has 0 radical (unpaired) electrons. The van der Waals surface area contributed by atoms with Gasteiger partial charge in [0, 0.05) is 58.1 Å². The maximum absolute atomic E-state index is 12.4. The molecule has 52 heavy (non-hydrogen) atoms. The molecule has 0 saturated carbocycles. The third-order valence-corrected chi connectivity index (χ3v) is 9.94. The molecule has 4 aromatic rings. The summed E-state index contributed by atoms with van der Waals surface area (Å²) in [6.45, 7) is 21.2. The highest BCUT2D eigenvalue weighted by atomic mass is 16.6. The Balaban J connectivity index is 0.000000162. The molecule has 2 spiro atoms. The first-order chi connectivity index (χ1) is 24.7. The summed E-state index contributed by atoms with van der Waals surface area (Å²) >= 11 is 0. The topological polar surface area (TPSA) is 91.8 Å². The molecule has 11 nitrogen and oxygen atoms in total. The van der Waals surface area contributed by atoms with Gasteiger partial charge in [-0.05, 0) is 90.1 Å². The Bertz CT molecular complexity index is 2010. The molecule has 0 unspecified atom stereocenters. The van der Waals surface area contributed by atoms with Crippen LogP contribution in [0.4, 0.5) is 15.4 Å². The van der Waals surface area contributed by atoms with E-state index in [0.717, 1.165) is 47.1 Å². The second-order valence-electron chi connectivity index (χ2n) is 15.9. The van der Waals surface area contributed by atoms with Gasteiger partial charge in [0.25, 0.3) is 0 Å². The van der Waals surface area contributed by atoms with E-state index < -0.39 is 16.8 Å². The predicted molar refractivity (Wildman–Crippen MR) is 196 cm³/mol. The summed E-state index contributed by atoms with van der Waals surface area (Å²) in [5, 5.41) is 0. The lowest BCUT2D eigenvalue weighted by Gasteiger charge is -2.45. The summed E-state index contributed by atoms with van der Waals surface area (Å²) in [6.07, 6.45) is 4.37. The first-order valence-electron chi connectivity index (χ1n) is 18.0. The van der Waals surface area contributed by atoms with E-state index >= 15 is 0 Å². The van der Waals surface area contributed by atoms with E-state index in [1.807, 2.05) is 101 Å². The Kier molecular flexibility index (Phi) is 8.76. The van der Waals surface area contributed by atoms with Crippen LogP contribution in [0.3, 0.4) is 0 Å². The summed E-state index contributed by atoms with van der Waals surface area (Å²) in [6, 6.07) is 23.9. The van der Waals surface area contributed by atoms with Crippen molar-refractivity contribution in [3.63, 3.8) is 0 Å². The number of piperidine rings is 2. The number of aromatic nitrogens is 2. The number of hydrogen-bond acceptors (Lipinski definition) is 6. The molecule has 0 aliphatic carbocycles. The molecule has 2 aromatic heterocycles. The van der Waals surface area contributed by atoms with Gasteiger partial charge in [-0.2, -0.15) is 0 Å². The number of ether oxygens (including phenoxy) is 4. The number of amides is 2. The molecular weight excluding hydrogens is 658 g/mol. The summed E-state index contributed by atoms with van der Waals surface area (Å²) in [7, 11) is 0. The van der Waals surface area contributed by atoms with Crippen molar-refractivity contribution < 1.29 is 28.5 Å². The molecular formula is C41H47N5O6. The van der Waals surface area contributed by atoms with Crippen LogP contribution in [-0.4, -0.2) is 68.5 Å². The molecule has 272 valence electrons. The monoisotopic (exact) mass is 705 g/mol. The fraction of sp³-hybridized carbons (Fsp3) is 0.439. The summed E-state index contributed by atoms with van der Waals surface area (Å²) in [5.41, 5.74) is 2.22. The number of para-hydroxylation sites is 4. The van der Waals surface area contributed by atoms with Gasteiger partial charge in [0.1, 0.15) is 22.6 Å². The highest BCUT2D eigenvalue weighted by Gasteiger charge is 2.48. The number of fused-ring (bicyclic) bond motifs is 8. The molecule has 0 atom stereocenters. The smallest absolute Gasteiger partial charge is 0.410 e. The number of hydrogen-bond donors (Lipinski definition) is 0. The molecule has 2 amide bonds. The number of carbonyl (C=O) groups excluding carboxylic acids is 2. The van der Waals surface area contributed by atoms with Crippen LogP contribution in [0.25, 0.3) is 16.2 Å². The molecule has 8 rings (SSSR count). The summed E-state index contributed by atoms with van der Waals surface area (Å²) in [4.78, 5) is 31.9. The van der Waals surface area contributed by atoms with Crippen molar-refractivity contribution in [1.82, 2.24) is 18.9 Å². The first-order valence-corrected chi connectivity index (χ1v) is 18.0. The van der Waals surface area contributed by atoms with Crippen LogP contribution < -0.4 is 9.47 Å². The summed E-state index contributed by atoms with van der Waals surface area (Å²) < 4.78 is 28.2. The Morgan fingerprint density at radius 1 is 0.654 bits per heavy atom. The molecule has 11 heteroatoms. The van der Waals surface area contributed by atoms with Crippen molar-refractivity contribution >= 4 is 18.0 Å². The lowest BCUT2D eigenvalue weighted by molar-refractivity contribution is -0.0276. The Morgan fingerprint density at radius 3 is 1.65 bits per heavy atom. The normalized spacial score (nSPS) is 17.9. The molecule has 0 N–H and O–H groups in total. The zero-order chi connectivity index (χ0) is 36.9. The largest absolute Gasteiger partial charge is 0.479 e. The number of likely N-dealkylation sites (tertiary alicyclic amines) is 2. The highest BCUT2D eigenvalue weighted by molar-refractivity contribution is 5.69. The van der Waals surface area contributed by atoms with Crippen molar-refractivity contribution in [3.05, 3.63) is 102 Å². The molecule has 2 fully saturated rings. The van der Waals surface area contributed by atoms with Crippen LogP contribution >= 0.6 is 0 Å². The zero-order valence-electron chi connectivity index (χ0n) is 30.8. The van der Waals surface area contributed by atoms with Gasteiger partial charge in [-0.3, -0.25) is 4.57 Å². The number of rotatable bonds is 0. The van der Waals surface area contributed by atoms with E-state index in [1.165, 1.54) is 0 Å². The van der Waals surface area contributed by atoms with Crippen molar-refractivity contribution in [2.75, 3.05) is 26.2 Å². The van der Waals surface area contributed by atoms with E-state index in [2.05, 4.69) is 33.8 Å². The molecule has 2 aromatic carbocycles. The maximum Gasteiger partial charge on any atom is 0.410 e. The van der Waals surface area contributed by atoms with Crippen LogP contribution in [0, 0.1) is 6.57 Å². The molecule has 6 heterocycles. The van der Waals surface area contributed by atoms with Gasteiger partial charge in [0.15, 0.2) is 22.6 Å². The quantitative estimate of drug-likeness (QED) is 0.170. The van der Waals surface area contributed by atoms with Crippen molar-refractivity contribution in [3.8, 4) is 22.9 Å². The lowest BCUT2D eigenvalue weighted by Crippen LogP contribution is -2.50. The first kappa shape index (κ1) is 35.1. The second kappa shape index (κ2) is 13.0. The van der Waals surface area contributed by atoms with Crippen LogP contribution in [0.1, 0.15) is 78.6 Å². The fourth-order valence-electron chi connectivity index (χ4n) is 7.55. The van der Waals surface area contributed by atoms with Crippen molar-refractivity contribution in [1.29, 1.82) is 0 Å². The standard InChI is InChI=1S/C21H23N3O3.C20H24N2O3/c1-20(2,3)27-19(25)23-13-11-21(12-14-23)17-9-10-18(22-4)24(17)15-7-5-6-8-16(15)26-21;1-19(2,3)25-18(23)21-13-10-20(11-14-21)17-9-6-12-22(17)15-7-4-5-8-16(15)24-20/h5-10H,11-14H2,1-3H3;4-9,12H,10-11,13-14H2,1-3H3. The zero-order valence-corrected chi connectivity index (χ0v) is 30.8. The van der Waals surface area contributed by atoms with E-state index in [4.69, 9.17) is 25.5 Å². The van der Waals surface area contributed by atoms with Crippen molar-refractivity contribution in [2.45, 2.75) is 89.6 Å². The van der Waals surface area contributed by atoms with E-state index in [-0.39, 0.29) is 17.8 Å². The molecule has 2 saturated heterocycles. The maximum atomic E-state index is 12.4. The third-order valence-electron chi connectivity index (χ3n) is 9.94. The predicted octanol–water partition coefficient (Wildman–Crippen LogP) is 8.74. The minimum absolute atomic E-state index is 0.242. The average Bonchev–Trinajstić information content (AvgIpc) is 3.78. The fourth-order valence-corrected chi connectivity index (χ4v) is 7.55. The van der Waals surface area contributed by atoms with Crippen LogP contribution in [-0.2, 0) is 20.7 Å². The van der Waals surface area contributed by atoms with Gasteiger partial charge in [0.2, 0.25) is 5.82 Å². The SMILES string of the molecule is CC(C)(C)OC(=O)N1CCC2(CC1)Oc1ccccc1-n1cccc12.[C-]#[N+]c1ccc2n1-c1ccccc1OC21CCN(C(=O)OC(C)(C)C)CC1. The van der Waals surface area contributed by atoms with Gasteiger partial charge in [-0.15, -0.1) is 0 Å². The third kappa shape index (κ3) is 6.58. The Morgan fingerprint density at radius 2 is 1.13 bits per heavy atom. The number of benzene rings is 2.